The largest absolute Gasteiger partial charge is 0.491 e. The van der Waals surface area contributed by atoms with Crippen LogP contribution in [-0.2, 0) is 23.7 Å². The fourth-order valence-electron chi connectivity index (χ4n) is 8.36. The first-order valence-corrected chi connectivity index (χ1v) is 23.2. The molecule has 2 N–H and O–H groups in total. The van der Waals surface area contributed by atoms with Gasteiger partial charge in [0.15, 0.2) is 0 Å². The van der Waals surface area contributed by atoms with E-state index >= 15 is 4.39 Å². The summed E-state index contributed by atoms with van der Waals surface area (Å²) in [5.74, 6) is -2.56. The van der Waals surface area contributed by atoms with Gasteiger partial charge in [0.25, 0.3) is 5.91 Å². The zero-order valence-corrected chi connectivity index (χ0v) is 36.3. The molecule has 0 saturated carbocycles. The molecule has 320 valence electrons. The lowest BCUT2D eigenvalue weighted by molar-refractivity contribution is -0.148. The number of thiophene rings is 1. The number of para-hydroxylation sites is 1. The molecule has 3 aliphatic heterocycles. The maximum absolute atomic E-state index is 16.5. The van der Waals surface area contributed by atoms with Crippen molar-refractivity contribution in [1.82, 2.24) is 25.2 Å². The lowest BCUT2D eigenvalue weighted by Crippen LogP contribution is -2.58. The fourth-order valence-corrected chi connectivity index (χ4v) is 11.2. The van der Waals surface area contributed by atoms with Crippen LogP contribution in [-0.4, -0.2) is 88.4 Å². The number of halogens is 1. The number of pyridine rings is 1. The highest BCUT2D eigenvalue weighted by atomic mass is 32.1. The fraction of sp³-hybridized carbons (Fsp3) is 0.477. The van der Waals surface area contributed by atoms with Crippen molar-refractivity contribution in [3.63, 3.8) is 0 Å². The van der Waals surface area contributed by atoms with Crippen LogP contribution in [0, 0.1) is 5.92 Å². The average molecular weight is 862 g/mol. The smallest absolute Gasteiger partial charge is 0.355 e. The van der Waals surface area contributed by atoms with Gasteiger partial charge >= 0.3 is 13.5 Å². The third-order valence-electron chi connectivity index (χ3n) is 11.3. The summed E-state index contributed by atoms with van der Waals surface area (Å²) in [5, 5.41) is 6.09. The number of nitrogens with zero attached hydrogens (tertiary/aromatic N) is 3. The monoisotopic (exact) mass is 861 g/mol. The van der Waals surface area contributed by atoms with Gasteiger partial charge in [-0.1, -0.05) is 38.1 Å². The topological polar surface area (TPSA) is 156 Å². The van der Waals surface area contributed by atoms with Crippen molar-refractivity contribution in [2.45, 2.75) is 109 Å². The summed E-state index contributed by atoms with van der Waals surface area (Å²) in [7, 11) is -4.45. The number of carbonyl (C=O) groups is 4. The Morgan fingerprint density at radius 2 is 1.80 bits per heavy atom. The Hall–Kier alpha value is -4.85. The molecule has 13 nitrogen and oxygen atoms in total. The number of hydrogen-bond acceptors (Lipinski definition) is 10. The van der Waals surface area contributed by atoms with E-state index in [1.54, 1.807) is 64.7 Å². The number of ether oxygens (including phenoxy) is 2. The van der Waals surface area contributed by atoms with Crippen LogP contribution in [0.4, 0.5) is 4.39 Å². The number of rotatable bonds is 15. The summed E-state index contributed by atoms with van der Waals surface area (Å²) < 4.78 is 48.5. The second-order valence-corrected chi connectivity index (χ2v) is 19.6. The van der Waals surface area contributed by atoms with E-state index in [0.29, 0.717) is 53.7 Å². The molecule has 4 aromatic rings. The number of likely N-dealkylation sites (tertiary alicyclic amines) is 1. The van der Waals surface area contributed by atoms with Crippen LogP contribution >= 0.6 is 18.9 Å². The molecule has 3 amide bonds. The van der Waals surface area contributed by atoms with Gasteiger partial charge in [-0.05, 0) is 106 Å². The van der Waals surface area contributed by atoms with Crippen molar-refractivity contribution < 1.29 is 42.1 Å². The molecule has 5 heterocycles. The number of esters is 1. The third kappa shape index (κ3) is 9.38. The molecule has 0 spiro atoms. The number of alkyl halides is 1. The molecular weight excluding hydrogens is 809 g/mol. The molecule has 7 atom stereocenters. The predicted molar refractivity (Wildman–Crippen MR) is 227 cm³/mol. The SMILES string of the molecule is CCCOC(=O)[C@H](C)N[P@](=O)(Oc1ccccc1)[C@@H](F)c1ccc2sc(C(=O)N[C@H]3C[C@@H](C)C[C@H]4CC[C@@H](C(=O)N5CC(c6cnccc6OC(C)C)C5)N4C3=O)cc2c1. The van der Waals surface area contributed by atoms with Crippen molar-refractivity contribution >= 4 is 52.6 Å². The van der Waals surface area contributed by atoms with Gasteiger partial charge in [-0.2, -0.15) is 0 Å². The molecule has 60 heavy (non-hydrogen) atoms. The van der Waals surface area contributed by atoms with Gasteiger partial charge in [-0.25, -0.2) is 9.48 Å². The van der Waals surface area contributed by atoms with Crippen molar-refractivity contribution in [3.8, 4) is 11.5 Å². The van der Waals surface area contributed by atoms with E-state index in [2.05, 4.69) is 22.3 Å². The Labute approximate surface area is 353 Å². The minimum atomic E-state index is -4.45. The Morgan fingerprint density at radius 1 is 1.03 bits per heavy atom. The van der Waals surface area contributed by atoms with Crippen LogP contribution in [0.1, 0.15) is 99.4 Å². The van der Waals surface area contributed by atoms with Gasteiger partial charge in [0.2, 0.25) is 17.7 Å². The van der Waals surface area contributed by atoms with E-state index in [0.717, 1.165) is 17.7 Å². The standard InChI is InChI=1S/C44H53FN5O8PS/c1-6-18-56-44(54)28(5)48-59(55,58-33-10-8-7-9-11-33)40(45)29-12-15-38-30(21-29)22-39(60-38)41(51)47-35-20-27(4)19-32-13-14-36(50(32)42(35)52)43(53)49-24-31(25-49)34-23-46-17-16-37(34)57-26(2)3/h7-12,15-17,21-23,26-28,31-32,35-36,40H,6,13-14,18-20,24-25H2,1-5H3,(H,47,51)(H,48,55)/t27-,28-,32+,35-,36-,40+,59+/m0/s1. The zero-order valence-electron chi connectivity index (χ0n) is 34.5. The number of amides is 3. The third-order valence-corrected chi connectivity index (χ3v) is 14.5. The summed E-state index contributed by atoms with van der Waals surface area (Å²) in [6.07, 6.45) is 6.52. The summed E-state index contributed by atoms with van der Waals surface area (Å²) >= 11 is 1.18. The number of nitrogens with one attached hydrogen (secondary N) is 2. The molecule has 7 rings (SSSR count). The van der Waals surface area contributed by atoms with E-state index in [9.17, 15) is 23.7 Å². The number of benzene rings is 2. The normalized spacial score (nSPS) is 22.6. The van der Waals surface area contributed by atoms with E-state index in [1.165, 1.54) is 30.4 Å². The van der Waals surface area contributed by atoms with E-state index in [4.69, 9.17) is 14.0 Å². The lowest BCUT2D eigenvalue weighted by Gasteiger charge is -2.43. The van der Waals surface area contributed by atoms with Gasteiger partial charge in [-0.15, -0.1) is 11.3 Å². The second kappa shape index (κ2) is 18.4. The molecule has 0 aliphatic carbocycles. The van der Waals surface area contributed by atoms with Gasteiger partial charge in [0.05, 0.1) is 17.6 Å². The highest BCUT2D eigenvalue weighted by molar-refractivity contribution is 7.57. The predicted octanol–water partition coefficient (Wildman–Crippen LogP) is 7.77. The maximum Gasteiger partial charge on any atom is 0.355 e. The Bertz CT molecular complexity index is 2250. The average Bonchev–Trinajstić information content (AvgIpc) is 3.80. The molecule has 0 radical (unpaired) electrons. The number of fused-ring (bicyclic) bond motifs is 2. The van der Waals surface area contributed by atoms with Crippen LogP contribution < -0.4 is 19.7 Å². The molecule has 3 saturated heterocycles. The zero-order chi connectivity index (χ0) is 42.7. The Morgan fingerprint density at radius 3 is 2.53 bits per heavy atom. The van der Waals surface area contributed by atoms with Gasteiger partial charge in [-0.3, -0.25) is 28.7 Å². The van der Waals surface area contributed by atoms with Gasteiger partial charge in [0.1, 0.15) is 29.6 Å². The molecule has 0 bridgehead atoms. The number of carbonyl (C=O) groups excluding carboxylic acids is 4. The van der Waals surface area contributed by atoms with Crippen molar-refractivity contribution in [2.75, 3.05) is 19.7 Å². The number of aromatic nitrogens is 1. The van der Waals surface area contributed by atoms with Crippen LogP contribution in [0.15, 0.2) is 73.1 Å². The van der Waals surface area contributed by atoms with Crippen LogP contribution in [0.5, 0.6) is 11.5 Å². The quantitative estimate of drug-likeness (QED) is 0.0895. The van der Waals surface area contributed by atoms with Crippen molar-refractivity contribution in [1.29, 1.82) is 0 Å². The first kappa shape index (κ1) is 43.2. The van der Waals surface area contributed by atoms with E-state index in [1.807, 2.05) is 26.8 Å². The molecule has 3 fully saturated rings. The highest BCUT2D eigenvalue weighted by Crippen LogP contribution is 2.58. The van der Waals surface area contributed by atoms with Crippen LogP contribution in [0.25, 0.3) is 10.1 Å². The van der Waals surface area contributed by atoms with E-state index in [-0.39, 0.29) is 53.7 Å². The summed E-state index contributed by atoms with van der Waals surface area (Å²) in [5.41, 5.74) is 0.990. The minimum Gasteiger partial charge on any atom is -0.491 e. The van der Waals surface area contributed by atoms with Gasteiger partial charge < -0.3 is 29.1 Å². The van der Waals surface area contributed by atoms with Crippen LogP contribution in [0.2, 0.25) is 0 Å². The van der Waals surface area contributed by atoms with E-state index < -0.39 is 43.4 Å². The van der Waals surface area contributed by atoms with Crippen LogP contribution in [0.3, 0.4) is 0 Å². The summed E-state index contributed by atoms with van der Waals surface area (Å²) in [6.45, 7) is 10.5. The maximum atomic E-state index is 16.5. The second-order valence-electron chi connectivity index (χ2n) is 16.4. The molecule has 3 aliphatic rings. The molecular formula is C44H53FN5O8PS. The summed E-state index contributed by atoms with van der Waals surface area (Å²) in [4.78, 5) is 62.9. The Balaban J connectivity index is 1.04. The minimum absolute atomic E-state index is 0.000577. The Kier molecular flexibility index (Phi) is 13.3. The lowest BCUT2D eigenvalue weighted by atomic mass is 9.91. The first-order chi connectivity index (χ1) is 28.7. The molecule has 2 aromatic carbocycles. The molecule has 0 unspecified atom stereocenters. The number of hydrogen-bond donors (Lipinski definition) is 2. The van der Waals surface area contributed by atoms with Crippen molar-refractivity contribution in [3.05, 3.63) is 89.1 Å². The highest BCUT2D eigenvalue weighted by Gasteiger charge is 2.49. The summed E-state index contributed by atoms with van der Waals surface area (Å²) in [6, 6.07) is 13.6. The van der Waals surface area contributed by atoms with Gasteiger partial charge in [0, 0.05) is 47.7 Å². The van der Waals surface area contributed by atoms with Crippen molar-refractivity contribution in [2.24, 2.45) is 5.92 Å². The molecule has 16 heteroatoms. The molecule has 2 aromatic heterocycles. The first-order valence-electron chi connectivity index (χ1n) is 20.7.